The van der Waals surface area contributed by atoms with Crippen LogP contribution in [0.4, 0.5) is 0 Å². The third-order valence-electron chi connectivity index (χ3n) is 2.10. The average Bonchev–Trinajstić information content (AvgIpc) is 2.26. The zero-order valence-corrected chi connectivity index (χ0v) is 8.15. The molecule has 0 heterocycles. The molecule has 0 radical (unpaired) electrons. The molecule has 0 aliphatic carbocycles. The quantitative estimate of drug-likeness (QED) is 0.667. The molecule has 72 valence electrons. The Morgan fingerprint density at radius 3 is 2.71 bits per heavy atom. The van der Waals surface area contributed by atoms with Gasteiger partial charge in [-0.15, -0.1) is 0 Å². The van der Waals surface area contributed by atoms with Gasteiger partial charge in [-0.1, -0.05) is 18.2 Å². The smallest absolute Gasteiger partial charge is 0.312 e. The van der Waals surface area contributed by atoms with Gasteiger partial charge in [0.25, 0.3) is 0 Å². The molecule has 1 aromatic carbocycles. The fourth-order valence-electron chi connectivity index (χ4n) is 1.28. The first-order valence-electron chi connectivity index (χ1n) is 4.27. The van der Waals surface area contributed by atoms with E-state index in [-0.39, 0.29) is 5.97 Å². The first-order valence-corrected chi connectivity index (χ1v) is 4.27. The van der Waals surface area contributed by atoms with E-state index in [1.165, 1.54) is 7.11 Å². The Morgan fingerprint density at radius 2 is 2.14 bits per heavy atom. The molecule has 14 heavy (non-hydrogen) atoms. The average molecular weight is 189 g/mol. The molecular formula is C11H11NO2. The van der Waals surface area contributed by atoms with Gasteiger partial charge in [0.1, 0.15) is 0 Å². The minimum absolute atomic E-state index is 0.326. The SMILES string of the molecule is COC(=O)[C@@H](C)c1ccccc1C#N. The maximum absolute atomic E-state index is 11.2. The van der Waals surface area contributed by atoms with Gasteiger partial charge in [-0.25, -0.2) is 0 Å². The van der Waals surface area contributed by atoms with Crippen LogP contribution in [0.5, 0.6) is 0 Å². The van der Waals surface area contributed by atoms with Crippen molar-refractivity contribution in [1.29, 1.82) is 5.26 Å². The van der Waals surface area contributed by atoms with Crippen LogP contribution in [0.1, 0.15) is 24.0 Å². The van der Waals surface area contributed by atoms with E-state index < -0.39 is 5.92 Å². The van der Waals surface area contributed by atoms with Gasteiger partial charge in [0.05, 0.1) is 24.7 Å². The van der Waals surface area contributed by atoms with Crippen LogP contribution in [0.25, 0.3) is 0 Å². The number of nitrogens with zero attached hydrogens (tertiary/aromatic N) is 1. The van der Waals surface area contributed by atoms with Crippen LogP contribution >= 0.6 is 0 Å². The van der Waals surface area contributed by atoms with Crippen LogP contribution < -0.4 is 0 Å². The van der Waals surface area contributed by atoms with Crippen molar-refractivity contribution in [3.8, 4) is 6.07 Å². The van der Waals surface area contributed by atoms with Gasteiger partial charge in [0.2, 0.25) is 0 Å². The molecule has 0 aromatic heterocycles. The van der Waals surface area contributed by atoms with Gasteiger partial charge in [0.15, 0.2) is 0 Å². The van der Waals surface area contributed by atoms with Crippen molar-refractivity contribution in [1.82, 2.24) is 0 Å². The molecule has 0 fully saturated rings. The third-order valence-corrected chi connectivity index (χ3v) is 2.10. The van der Waals surface area contributed by atoms with E-state index in [0.29, 0.717) is 11.1 Å². The number of nitriles is 1. The molecule has 1 rings (SSSR count). The highest BCUT2D eigenvalue weighted by Crippen LogP contribution is 2.20. The highest BCUT2D eigenvalue weighted by molar-refractivity contribution is 5.78. The van der Waals surface area contributed by atoms with E-state index in [1.54, 1.807) is 31.2 Å². The van der Waals surface area contributed by atoms with Crippen LogP contribution in [0, 0.1) is 11.3 Å². The second-order valence-corrected chi connectivity index (χ2v) is 2.94. The molecule has 0 N–H and O–H groups in total. The number of carbonyl (C=O) groups is 1. The van der Waals surface area contributed by atoms with Gasteiger partial charge in [-0.3, -0.25) is 4.79 Å². The first kappa shape index (κ1) is 10.3. The molecule has 3 heteroatoms. The zero-order valence-electron chi connectivity index (χ0n) is 8.15. The predicted molar refractivity (Wildman–Crippen MR) is 51.6 cm³/mol. The third kappa shape index (κ3) is 1.91. The molecule has 0 aliphatic heterocycles. The van der Waals surface area contributed by atoms with E-state index in [9.17, 15) is 4.79 Å². The van der Waals surface area contributed by atoms with Crippen molar-refractivity contribution in [2.24, 2.45) is 0 Å². The first-order chi connectivity index (χ1) is 6.70. The van der Waals surface area contributed by atoms with Crippen molar-refractivity contribution in [2.75, 3.05) is 7.11 Å². The Balaban J connectivity index is 3.07. The van der Waals surface area contributed by atoms with Crippen molar-refractivity contribution >= 4 is 5.97 Å². The molecule has 3 nitrogen and oxygen atoms in total. The zero-order chi connectivity index (χ0) is 10.6. The maximum atomic E-state index is 11.2. The summed E-state index contributed by atoms with van der Waals surface area (Å²) in [6.45, 7) is 1.72. The fraction of sp³-hybridized carbons (Fsp3) is 0.273. The van der Waals surface area contributed by atoms with Gasteiger partial charge >= 0.3 is 5.97 Å². The highest BCUT2D eigenvalue weighted by atomic mass is 16.5. The molecule has 0 unspecified atom stereocenters. The number of benzene rings is 1. The molecule has 0 aliphatic rings. The van der Waals surface area contributed by atoms with Crippen molar-refractivity contribution < 1.29 is 9.53 Å². The van der Waals surface area contributed by atoms with E-state index >= 15 is 0 Å². The summed E-state index contributed by atoms with van der Waals surface area (Å²) in [5, 5.41) is 8.82. The topological polar surface area (TPSA) is 50.1 Å². The largest absolute Gasteiger partial charge is 0.469 e. The summed E-state index contributed by atoms with van der Waals surface area (Å²) in [5.74, 6) is -0.719. The van der Waals surface area contributed by atoms with Crippen molar-refractivity contribution in [3.05, 3.63) is 35.4 Å². The Hall–Kier alpha value is -1.82. The normalized spacial score (nSPS) is 11.5. The molecule has 1 aromatic rings. The monoisotopic (exact) mass is 189 g/mol. The summed E-state index contributed by atoms with van der Waals surface area (Å²) in [6.07, 6.45) is 0. The maximum Gasteiger partial charge on any atom is 0.312 e. The molecular weight excluding hydrogens is 178 g/mol. The van der Waals surface area contributed by atoms with Gasteiger partial charge in [0, 0.05) is 0 Å². The fourth-order valence-corrected chi connectivity index (χ4v) is 1.28. The predicted octanol–water partition coefficient (Wildman–Crippen LogP) is 1.83. The minimum atomic E-state index is -0.393. The van der Waals surface area contributed by atoms with Gasteiger partial charge in [-0.2, -0.15) is 5.26 Å². The second-order valence-electron chi connectivity index (χ2n) is 2.94. The standard InChI is InChI=1S/C11H11NO2/c1-8(11(13)14-2)10-6-4-3-5-9(10)7-12/h3-6,8H,1-2H3/t8-/m0/s1. The molecule has 0 amide bonds. The van der Waals surface area contributed by atoms with E-state index in [1.807, 2.05) is 6.07 Å². The lowest BCUT2D eigenvalue weighted by Crippen LogP contribution is -2.11. The number of ether oxygens (including phenoxy) is 1. The molecule has 0 saturated heterocycles. The Bertz CT molecular complexity index is 379. The Morgan fingerprint density at radius 1 is 1.50 bits per heavy atom. The number of hydrogen-bond donors (Lipinski definition) is 0. The van der Waals surface area contributed by atoms with E-state index in [0.717, 1.165) is 0 Å². The highest BCUT2D eigenvalue weighted by Gasteiger charge is 2.18. The lowest BCUT2D eigenvalue weighted by atomic mass is 9.96. The lowest BCUT2D eigenvalue weighted by molar-refractivity contribution is -0.141. The summed E-state index contributed by atoms with van der Waals surface area (Å²) in [6, 6.07) is 9.07. The van der Waals surface area contributed by atoms with Gasteiger partial charge in [-0.05, 0) is 18.6 Å². The second kappa shape index (κ2) is 4.43. The summed E-state index contributed by atoms with van der Waals surface area (Å²) in [5.41, 5.74) is 1.23. The molecule has 1 atom stereocenters. The van der Waals surface area contributed by atoms with Crippen LogP contribution in [-0.2, 0) is 9.53 Å². The Labute approximate surface area is 82.9 Å². The summed E-state index contributed by atoms with van der Waals surface area (Å²) < 4.78 is 4.62. The summed E-state index contributed by atoms with van der Waals surface area (Å²) >= 11 is 0. The van der Waals surface area contributed by atoms with Crippen LogP contribution in [0.3, 0.4) is 0 Å². The lowest BCUT2D eigenvalue weighted by Gasteiger charge is -2.10. The molecule has 0 bridgehead atoms. The number of hydrogen-bond acceptors (Lipinski definition) is 3. The number of methoxy groups -OCH3 is 1. The van der Waals surface area contributed by atoms with E-state index in [4.69, 9.17) is 5.26 Å². The Kier molecular flexibility index (Phi) is 3.24. The summed E-state index contributed by atoms with van der Waals surface area (Å²) in [7, 11) is 1.34. The number of esters is 1. The summed E-state index contributed by atoms with van der Waals surface area (Å²) in [4.78, 5) is 11.2. The molecule has 0 saturated carbocycles. The van der Waals surface area contributed by atoms with Crippen LogP contribution in [-0.4, -0.2) is 13.1 Å². The van der Waals surface area contributed by atoms with Gasteiger partial charge < -0.3 is 4.74 Å². The van der Waals surface area contributed by atoms with Crippen molar-refractivity contribution in [2.45, 2.75) is 12.8 Å². The van der Waals surface area contributed by atoms with Crippen LogP contribution in [0.15, 0.2) is 24.3 Å². The van der Waals surface area contributed by atoms with Crippen LogP contribution in [0.2, 0.25) is 0 Å². The number of carbonyl (C=O) groups excluding carboxylic acids is 1. The minimum Gasteiger partial charge on any atom is -0.469 e. The van der Waals surface area contributed by atoms with E-state index in [2.05, 4.69) is 4.74 Å². The van der Waals surface area contributed by atoms with Crippen molar-refractivity contribution in [3.63, 3.8) is 0 Å². The number of rotatable bonds is 2. The molecule has 0 spiro atoms.